The molecule has 7 nitrogen and oxygen atoms in total. The summed E-state index contributed by atoms with van der Waals surface area (Å²) >= 11 is 0. The number of likely N-dealkylation sites (N-methyl/N-ethyl adjacent to an activating group) is 1. The average Bonchev–Trinajstić information content (AvgIpc) is 2.75. The number of oxazole rings is 1. The first-order chi connectivity index (χ1) is 11.5. The number of rotatable bonds is 3. The van der Waals surface area contributed by atoms with Gasteiger partial charge in [-0.1, -0.05) is 0 Å². The predicted octanol–water partition coefficient (Wildman–Crippen LogP) is 0.656. The summed E-state index contributed by atoms with van der Waals surface area (Å²) in [5.74, 6) is 1.78. The zero-order valence-electron chi connectivity index (χ0n) is 15.0. The molecule has 2 aliphatic heterocycles. The van der Waals surface area contributed by atoms with E-state index in [2.05, 4.69) is 14.8 Å². The first kappa shape index (κ1) is 17.4. The fourth-order valence-electron chi connectivity index (χ4n) is 3.28. The van der Waals surface area contributed by atoms with E-state index in [0.29, 0.717) is 19.7 Å². The van der Waals surface area contributed by atoms with Crippen LogP contribution in [-0.4, -0.2) is 84.6 Å². The van der Waals surface area contributed by atoms with Gasteiger partial charge >= 0.3 is 0 Å². The number of carbonyl (C=O) groups is 1. The first-order valence-electron chi connectivity index (χ1n) is 8.77. The molecule has 0 bridgehead atoms. The van der Waals surface area contributed by atoms with E-state index < -0.39 is 0 Å². The number of nitrogens with zero attached hydrogens (tertiary/aromatic N) is 4. The van der Waals surface area contributed by atoms with Gasteiger partial charge in [0.2, 0.25) is 5.89 Å². The van der Waals surface area contributed by atoms with E-state index in [4.69, 9.17) is 9.15 Å². The third kappa shape index (κ3) is 4.15. The highest BCUT2D eigenvalue weighted by molar-refractivity contribution is 5.81. The van der Waals surface area contributed by atoms with Crippen molar-refractivity contribution in [3.8, 4) is 0 Å². The number of hydrogen-bond acceptors (Lipinski definition) is 6. The molecule has 0 spiro atoms. The Labute approximate surface area is 143 Å². The van der Waals surface area contributed by atoms with Crippen LogP contribution in [0.1, 0.15) is 23.8 Å². The quantitative estimate of drug-likeness (QED) is 0.808. The highest BCUT2D eigenvalue weighted by atomic mass is 16.5. The van der Waals surface area contributed by atoms with Gasteiger partial charge in [0.25, 0.3) is 5.91 Å². The van der Waals surface area contributed by atoms with Gasteiger partial charge in [-0.15, -0.1) is 0 Å². The molecule has 2 aliphatic rings. The Kier molecular flexibility index (Phi) is 5.53. The Morgan fingerprint density at radius 3 is 2.75 bits per heavy atom. The van der Waals surface area contributed by atoms with Crippen molar-refractivity contribution in [1.82, 2.24) is 19.7 Å². The molecule has 7 heteroatoms. The zero-order valence-corrected chi connectivity index (χ0v) is 15.0. The minimum Gasteiger partial charge on any atom is -0.444 e. The number of morpholine rings is 1. The van der Waals surface area contributed by atoms with Gasteiger partial charge in [0, 0.05) is 39.3 Å². The summed E-state index contributed by atoms with van der Waals surface area (Å²) in [6.07, 6.45) is 0.653. The number of hydrogen-bond donors (Lipinski definition) is 0. The lowest BCUT2D eigenvalue weighted by molar-refractivity contribution is -0.148. The molecule has 1 amide bonds. The van der Waals surface area contributed by atoms with Gasteiger partial charge in [-0.3, -0.25) is 9.69 Å². The maximum Gasteiger partial charge on any atom is 0.253 e. The summed E-state index contributed by atoms with van der Waals surface area (Å²) in [6, 6.07) is 0. The van der Waals surface area contributed by atoms with Gasteiger partial charge in [-0.05, 0) is 27.3 Å². The van der Waals surface area contributed by atoms with Crippen LogP contribution in [0.5, 0.6) is 0 Å². The smallest absolute Gasteiger partial charge is 0.253 e. The van der Waals surface area contributed by atoms with Crippen LogP contribution < -0.4 is 0 Å². The predicted molar refractivity (Wildman–Crippen MR) is 89.7 cm³/mol. The Balaban J connectivity index is 1.53. The monoisotopic (exact) mass is 336 g/mol. The van der Waals surface area contributed by atoms with Gasteiger partial charge in [0.05, 0.1) is 18.8 Å². The fraction of sp³-hybridized carbons (Fsp3) is 0.765. The highest BCUT2D eigenvalue weighted by Gasteiger charge is 2.30. The van der Waals surface area contributed by atoms with Crippen LogP contribution in [0.3, 0.4) is 0 Å². The Morgan fingerprint density at radius 2 is 2.04 bits per heavy atom. The van der Waals surface area contributed by atoms with Crippen LogP contribution in [-0.2, 0) is 16.1 Å². The van der Waals surface area contributed by atoms with Gasteiger partial charge < -0.3 is 19.0 Å². The van der Waals surface area contributed by atoms with Gasteiger partial charge in [-0.25, -0.2) is 4.98 Å². The molecule has 1 aromatic heterocycles. The molecule has 2 saturated heterocycles. The molecule has 3 heterocycles. The maximum atomic E-state index is 12.7. The van der Waals surface area contributed by atoms with Crippen molar-refractivity contribution in [2.75, 3.05) is 52.9 Å². The molecule has 3 rings (SSSR count). The molecule has 0 N–H and O–H groups in total. The van der Waals surface area contributed by atoms with Crippen LogP contribution in [0.4, 0.5) is 0 Å². The highest BCUT2D eigenvalue weighted by Crippen LogP contribution is 2.14. The normalized spacial score (nSPS) is 24.1. The van der Waals surface area contributed by atoms with E-state index >= 15 is 0 Å². The van der Waals surface area contributed by atoms with Crippen molar-refractivity contribution in [2.45, 2.75) is 32.9 Å². The van der Waals surface area contributed by atoms with E-state index in [1.807, 2.05) is 25.8 Å². The van der Waals surface area contributed by atoms with Crippen molar-refractivity contribution < 1.29 is 13.9 Å². The largest absolute Gasteiger partial charge is 0.444 e. The fourth-order valence-corrected chi connectivity index (χ4v) is 3.28. The van der Waals surface area contributed by atoms with E-state index in [9.17, 15) is 4.79 Å². The van der Waals surface area contributed by atoms with Crippen LogP contribution in [0, 0.1) is 13.8 Å². The second kappa shape index (κ2) is 7.63. The number of carbonyl (C=O) groups excluding carboxylic acids is 1. The lowest BCUT2D eigenvalue weighted by Gasteiger charge is -2.32. The summed E-state index contributed by atoms with van der Waals surface area (Å²) in [5.41, 5.74) is 0.954. The molecule has 0 aliphatic carbocycles. The van der Waals surface area contributed by atoms with E-state index in [0.717, 1.165) is 56.5 Å². The van der Waals surface area contributed by atoms with Crippen LogP contribution in [0.25, 0.3) is 0 Å². The van der Waals surface area contributed by atoms with Crippen molar-refractivity contribution in [2.24, 2.45) is 0 Å². The van der Waals surface area contributed by atoms with Crippen molar-refractivity contribution in [3.05, 3.63) is 17.3 Å². The topological polar surface area (TPSA) is 62.1 Å². The summed E-state index contributed by atoms with van der Waals surface area (Å²) in [7, 11) is 2.04. The maximum absolute atomic E-state index is 12.7. The van der Waals surface area contributed by atoms with Crippen LogP contribution in [0.2, 0.25) is 0 Å². The standard InChI is InChI=1S/C17H28N4O3/c1-13-14(2)24-16(18-13)12-20-5-4-6-21(8-7-20)17(22)15-11-19(3)9-10-23-15/h15H,4-12H2,1-3H3. The van der Waals surface area contributed by atoms with E-state index in [1.54, 1.807) is 0 Å². The Bertz CT molecular complexity index is 555. The summed E-state index contributed by atoms with van der Waals surface area (Å²) in [4.78, 5) is 23.6. The third-order valence-electron chi connectivity index (χ3n) is 4.88. The van der Waals surface area contributed by atoms with Crippen LogP contribution >= 0.6 is 0 Å². The minimum absolute atomic E-state index is 0.131. The lowest BCUT2D eigenvalue weighted by Crippen LogP contribution is -2.50. The summed E-state index contributed by atoms with van der Waals surface area (Å²) in [5, 5.41) is 0. The Hall–Kier alpha value is -1.44. The van der Waals surface area contributed by atoms with E-state index in [1.165, 1.54) is 0 Å². The molecule has 1 aromatic rings. The Morgan fingerprint density at radius 1 is 1.21 bits per heavy atom. The molecule has 0 aromatic carbocycles. The molecule has 2 fully saturated rings. The second-order valence-electron chi connectivity index (χ2n) is 6.83. The number of aromatic nitrogens is 1. The number of ether oxygens (including phenoxy) is 1. The molecule has 1 atom stereocenters. The molecular formula is C17H28N4O3. The average molecular weight is 336 g/mol. The SMILES string of the molecule is Cc1nc(CN2CCCN(C(=O)C3CN(C)CCO3)CC2)oc1C. The molecule has 0 saturated carbocycles. The van der Waals surface area contributed by atoms with Crippen LogP contribution in [0.15, 0.2) is 4.42 Å². The van der Waals surface area contributed by atoms with Gasteiger partial charge in [0.15, 0.2) is 0 Å². The first-order valence-corrected chi connectivity index (χ1v) is 8.77. The number of aryl methyl sites for hydroxylation is 2. The van der Waals surface area contributed by atoms with Gasteiger partial charge in [-0.2, -0.15) is 0 Å². The minimum atomic E-state index is -0.313. The molecule has 134 valence electrons. The number of amides is 1. The summed E-state index contributed by atoms with van der Waals surface area (Å²) in [6.45, 7) is 10.2. The van der Waals surface area contributed by atoms with Gasteiger partial charge in [0.1, 0.15) is 11.9 Å². The molecule has 24 heavy (non-hydrogen) atoms. The van der Waals surface area contributed by atoms with Crippen molar-refractivity contribution >= 4 is 5.91 Å². The van der Waals surface area contributed by atoms with E-state index in [-0.39, 0.29) is 12.0 Å². The molecular weight excluding hydrogens is 308 g/mol. The second-order valence-corrected chi connectivity index (χ2v) is 6.83. The third-order valence-corrected chi connectivity index (χ3v) is 4.88. The lowest BCUT2D eigenvalue weighted by atomic mass is 10.2. The summed E-state index contributed by atoms with van der Waals surface area (Å²) < 4.78 is 11.4. The zero-order chi connectivity index (χ0) is 17.1. The molecule has 0 radical (unpaired) electrons. The molecule has 1 unspecified atom stereocenters. The van der Waals surface area contributed by atoms with Crippen molar-refractivity contribution in [3.63, 3.8) is 0 Å². The van der Waals surface area contributed by atoms with Crippen molar-refractivity contribution in [1.29, 1.82) is 0 Å².